The Bertz CT molecular complexity index is 994. The molecule has 0 unspecified atom stereocenters. The SMILES string of the molecule is Cc1ccc(CN(CC(=O)OC(C)(C)C)S(=O)(=O)c2cccc(C(F)(F)F)c2)cc1. The molecule has 0 saturated heterocycles. The van der Waals surface area contributed by atoms with E-state index in [9.17, 15) is 26.4 Å². The van der Waals surface area contributed by atoms with Gasteiger partial charge in [-0.05, 0) is 51.5 Å². The van der Waals surface area contributed by atoms with Gasteiger partial charge < -0.3 is 4.74 Å². The molecule has 0 aliphatic heterocycles. The summed E-state index contributed by atoms with van der Waals surface area (Å²) in [5.74, 6) is -0.801. The van der Waals surface area contributed by atoms with Gasteiger partial charge in [-0.1, -0.05) is 35.9 Å². The molecule has 2 aromatic rings. The predicted molar refractivity (Wildman–Crippen MR) is 106 cm³/mol. The lowest BCUT2D eigenvalue weighted by atomic mass is 10.1. The van der Waals surface area contributed by atoms with Crippen molar-refractivity contribution < 1.29 is 31.1 Å². The Morgan fingerprint density at radius 2 is 1.63 bits per heavy atom. The van der Waals surface area contributed by atoms with Gasteiger partial charge >= 0.3 is 12.1 Å². The lowest BCUT2D eigenvalue weighted by Gasteiger charge is -2.25. The molecule has 30 heavy (non-hydrogen) atoms. The average Bonchev–Trinajstić information content (AvgIpc) is 2.61. The van der Waals surface area contributed by atoms with E-state index in [0.717, 1.165) is 28.1 Å². The second kappa shape index (κ2) is 8.77. The topological polar surface area (TPSA) is 63.7 Å². The first kappa shape index (κ1) is 23.9. The van der Waals surface area contributed by atoms with Gasteiger partial charge in [-0.15, -0.1) is 0 Å². The van der Waals surface area contributed by atoms with Crippen LogP contribution in [-0.4, -0.2) is 30.8 Å². The van der Waals surface area contributed by atoms with Gasteiger partial charge in [0.1, 0.15) is 12.1 Å². The summed E-state index contributed by atoms with van der Waals surface area (Å²) in [6.07, 6.45) is -4.70. The molecule has 9 heteroatoms. The Morgan fingerprint density at radius 3 is 2.17 bits per heavy atom. The summed E-state index contributed by atoms with van der Waals surface area (Å²) in [5, 5.41) is 0. The number of benzene rings is 2. The summed E-state index contributed by atoms with van der Waals surface area (Å²) in [6.45, 7) is 5.94. The number of esters is 1. The number of aryl methyl sites for hydroxylation is 1. The molecule has 0 atom stereocenters. The number of sulfonamides is 1. The van der Waals surface area contributed by atoms with Crippen molar-refractivity contribution in [3.8, 4) is 0 Å². The number of carbonyl (C=O) groups excluding carboxylic acids is 1. The largest absolute Gasteiger partial charge is 0.459 e. The van der Waals surface area contributed by atoms with E-state index in [4.69, 9.17) is 4.74 Å². The van der Waals surface area contributed by atoms with E-state index < -0.39 is 44.8 Å². The number of rotatable bonds is 6. The summed E-state index contributed by atoms with van der Waals surface area (Å²) in [6, 6.07) is 10.4. The van der Waals surface area contributed by atoms with Crippen molar-refractivity contribution in [1.82, 2.24) is 4.31 Å². The molecule has 164 valence electrons. The Morgan fingerprint density at radius 1 is 1.03 bits per heavy atom. The van der Waals surface area contributed by atoms with Gasteiger partial charge in [0.2, 0.25) is 10.0 Å². The Hall–Kier alpha value is -2.39. The van der Waals surface area contributed by atoms with Crippen molar-refractivity contribution in [1.29, 1.82) is 0 Å². The summed E-state index contributed by atoms with van der Waals surface area (Å²) in [5.41, 5.74) is -0.388. The van der Waals surface area contributed by atoms with Gasteiger partial charge in [0, 0.05) is 6.54 Å². The first-order valence-corrected chi connectivity index (χ1v) is 10.6. The standard InChI is InChI=1S/C21H24F3NO4S/c1-15-8-10-16(11-9-15)13-25(14-19(26)29-20(2,3)4)30(27,28)18-7-5-6-17(12-18)21(22,23)24/h5-12H,13-14H2,1-4H3. The van der Waals surface area contributed by atoms with Gasteiger partial charge in [0.05, 0.1) is 10.5 Å². The molecule has 0 aromatic heterocycles. The predicted octanol–water partition coefficient (Wildman–Crippen LogP) is 4.55. The molecule has 0 spiro atoms. The highest BCUT2D eigenvalue weighted by molar-refractivity contribution is 7.89. The number of halogens is 3. The first-order chi connectivity index (χ1) is 13.7. The molecule has 0 N–H and O–H groups in total. The Labute approximate surface area is 174 Å². The second-order valence-electron chi connectivity index (χ2n) is 7.87. The molecule has 0 radical (unpaired) electrons. The highest BCUT2D eigenvalue weighted by Crippen LogP contribution is 2.31. The number of ether oxygens (including phenoxy) is 1. The molecule has 0 amide bonds. The smallest absolute Gasteiger partial charge is 0.416 e. The highest BCUT2D eigenvalue weighted by Gasteiger charge is 2.34. The van der Waals surface area contributed by atoms with E-state index in [1.54, 1.807) is 45.0 Å². The van der Waals surface area contributed by atoms with Gasteiger partial charge in [-0.25, -0.2) is 8.42 Å². The van der Waals surface area contributed by atoms with E-state index in [2.05, 4.69) is 0 Å². The van der Waals surface area contributed by atoms with Crippen LogP contribution in [0, 0.1) is 6.92 Å². The van der Waals surface area contributed by atoms with Crippen molar-refractivity contribution in [3.63, 3.8) is 0 Å². The molecule has 0 saturated carbocycles. The zero-order valence-corrected chi connectivity index (χ0v) is 18.0. The Kier molecular flexibility index (Phi) is 6.98. The maximum atomic E-state index is 13.1. The van der Waals surface area contributed by atoms with E-state index in [1.165, 1.54) is 0 Å². The van der Waals surface area contributed by atoms with Crippen LogP contribution in [0.5, 0.6) is 0 Å². The molecule has 0 aliphatic rings. The van der Waals surface area contributed by atoms with E-state index in [-0.39, 0.29) is 6.54 Å². The van der Waals surface area contributed by atoms with Crippen LogP contribution in [-0.2, 0) is 32.3 Å². The summed E-state index contributed by atoms with van der Waals surface area (Å²) in [4.78, 5) is 11.8. The zero-order valence-electron chi connectivity index (χ0n) is 17.2. The molecular formula is C21H24F3NO4S. The molecule has 0 heterocycles. The van der Waals surface area contributed by atoms with Crippen LogP contribution < -0.4 is 0 Å². The summed E-state index contributed by atoms with van der Waals surface area (Å²) < 4.78 is 71.5. The maximum absolute atomic E-state index is 13.1. The minimum atomic E-state index is -4.70. The zero-order chi connectivity index (χ0) is 22.7. The van der Waals surface area contributed by atoms with E-state index in [0.29, 0.717) is 11.6 Å². The van der Waals surface area contributed by atoms with Crippen LogP contribution in [0.2, 0.25) is 0 Å². The Balaban J connectivity index is 2.43. The highest BCUT2D eigenvalue weighted by atomic mass is 32.2. The molecule has 0 aliphatic carbocycles. The molecular weight excluding hydrogens is 419 g/mol. The fourth-order valence-electron chi connectivity index (χ4n) is 2.62. The minimum absolute atomic E-state index is 0.196. The lowest BCUT2D eigenvalue weighted by Crippen LogP contribution is -2.38. The van der Waals surface area contributed by atoms with Crippen LogP contribution in [0.1, 0.15) is 37.5 Å². The number of alkyl halides is 3. The van der Waals surface area contributed by atoms with Crippen LogP contribution in [0.15, 0.2) is 53.4 Å². The summed E-state index contributed by atoms with van der Waals surface area (Å²) in [7, 11) is -4.41. The fraction of sp³-hybridized carbons (Fsp3) is 0.381. The second-order valence-corrected chi connectivity index (χ2v) is 9.81. The fourth-order valence-corrected chi connectivity index (χ4v) is 4.04. The third-order valence-electron chi connectivity index (χ3n) is 4.00. The van der Waals surface area contributed by atoms with Gasteiger partial charge in [0.25, 0.3) is 0 Å². The van der Waals surface area contributed by atoms with Gasteiger partial charge in [-0.2, -0.15) is 17.5 Å². The molecule has 2 aromatic carbocycles. The summed E-state index contributed by atoms with van der Waals surface area (Å²) >= 11 is 0. The number of carbonyl (C=O) groups is 1. The van der Waals surface area contributed by atoms with Crippen LogP contribution in [0.4, 0.5) is 13.2 Å². The monoisotopic (exact) mass is 443 g/mol. The van der Waals surface area contributed by atoms with Crippen molar-refractivity contribution >= 4 is 16.0 Å². The van der Waals surface area contributed by atoms with Crippen molar-refractivity contribution in [3.05, 3.63) is 65.2 Å². The van der Waals surface area contributed by atoms with Crippen molar-refractivity contribution in [2.24, 2.45) is 0 Å². The van der Waals surface area contributed by atoms with Gasteiger partial charge in [-0.3, -0.25) is 4.79 Å². The van der Waals surface area contributed by atoms with E-state index >= 15 is 0 Å². The van der Waals surface area contributed by atoms with Crippen LogP contribution in [0.25, 0.3) is 0 Å². The maximum Gasteiger partial charge on any atom is 0.416 e. The molecule has 2 rings (SSSR count). The van der Waals surface area contributed by atoms with Gasteiger partial charge in [0.15, 0.2) is 0 Å². The van der Waals surface area contributed by atoms with Crippen molar-refractivity contribution in [2.45, 2.75) is 50.9 Å². The third-order valence-corrected chi connectivity index (χ3v) is 5.79. The molecule has 0 bridgehead atoms. The molecule has 5 nitrogen and oxygen atoms in total. The number of hydrogen-bond acceptors (Lipinski definition) is 4. The van der Waals surface area contributed by atoms with Crippen LogP contribution in [0.3, 0.4) is 0 Å². The average molecular weight is 443 g/mol. The molecule has 0 fully saturated rings. The normalized spacial score (nSPS) is 12.8. The minimum Gasteiger partial charge on any atom is -0.459 e. The number of hydrogen-bond donors (Lipinski definition) is 0. The van der Waals surface area contributed by atoms with Crippen molar-refractivity contribution in [2.75, 3.05) is 6.54 Å². The van der Waals surface area contributed by atoms with E-state index in [1.807, 2.05) is 6.92 Å². The number of nitrogens with zero attached hydrogens (tertiary/aromatic N) is 1. The lowest BCUT2D eigenvalue weighted by molar-refractivity contribution is -0.155. The first-order valence-electron chi connectivity index (χ1n) is 9.13. The van der Waals surface area contributed by atoms with Crippen LogP contribution >= 0.6 is 0 Å². The quantitative estimate of drug-likeness (QED) is 0.615. The third kappa shape index (κ3) is 6.56.